The van der Waals surface area contributed by atoms with Crippen molar-refractivity contribution in [3.63, 3.8) is 0 Å². The van der Waals surface area contributed by atoms with Crippen LogP contribution in [0.4, 0.5) is 0 Å². The van der Waals surface area contributed by atoms with Gasteiger partial charge in [0.15, 0.2) is 0 Å². The van der Waals surface area contributed by atoms with Gasteiger partial charge >= 0.3 is 21.7 Å². The summed E-state index contributed by atoms with van der Waals surface area (Å²) in [6, 6.07) is 42.5. The van der Waals surface area contributed by atoms with Crippen molar-refractivity contribution in [2.75, 3.05) is 0 Å². The molecular weight excluding hydrogens is 408 g/mol. The number of hydrogen-bond donors (Lipinski definition) is 0. The maximum atomic E-state index is 3.01. The minimum Gasteiger partial charge on any atom is -0.214 e. The van der Waals surface area contributed by atoms with Crippen LogP contribution in [0.25, 0.3) is 0 Å². The maximum absolute atomic E-state index is 3.01. The third kappa shape index (κ3) is 18.3. The average Bonchev–Trinajstić information content (AvgIpc) is 3.57. The molecule has 31 heavy (non-hydrogen) atoms. The van der Waals surface area contributed by atoms with Crippen molar-refractivity contribution in [3.05, 3.63) is 132 Å². The Kier molecular flexibility index (Phi) is 21.0. The zero-order valence-corrected chi connectivity index (χ0v) is 20.7. The van der Waals surface area contributed by atoms with E-state index in [0.29, 0.717) is 0 Å². The van der Waals surface area contributed by atoms with E-state index in [4.69, 9.17) is 0 Å². The van der Waals surface area contributed by atoms with Crippen molar-refractivity contribution in [1.29, 1.82) is 0 Å². The van der Waals surface area contributed by atoms with Crippen molar-refractivity contribution < 1.29 is 21.7 Å². The molecule has 0 spiro atoms. The van der Waals surface area contributed by atoms with Crippen molar-refractivity contribution in [2.45, 2.75) is 52.4 Å². The molecule has 0 aliphatic heterocycles. The molecule has 0 N–H and O–H groups in total. The van der Waals surface area contributed by atoms with Crippen LogP contribution in [0, 0.1) is 12.1 Å². The first kappa shape index (κ1) is 28.9. The molecule has 0 saturated carbocycles. The average molecular weight is 444 g/mol. The summed E-state index contributed by atoms with van der Waals surface area (Å²) in [5, 5.41) is 0. The molecule has 0 aliphatic carbocycles. The molecule has 0 aromatic heterocycles. The van der Waals surface area contributed by atoms with Crippen molar-refractivity contribution in [3.8, 4) is 0 Å². The molecule has 0 radical (unpaired) electrons. The van der Waals surface area contributed by atoms with Gasteiger partial charge in [0.25, 0.3) is 0 Å². The summed E-state index contributed by atoms with van der Waals surface area (Å²) in [4.78, 5) is 0. The standard InChI is InChI=1S/2C10H13.2C5H5.Ti/c2*1-2-3-7-10-8-5-4-6-9-10;2*1-2-4-5-3-1;/h2*5-6,8-9H,2-3,7H2,1H3;2*1-5H;/q4*-1;+4. The van der Waals surface area contributed by atoms with Crippen LogP contribution >= 0.6 is 0 Å². The van der Waals surface area contributed by atoms with Gasteiger partial charge in [-0.15, -0.1) is 0 Å². The molecule has 4 aromatic carbocycles. The summed E-state index contributed by atoms with van der Waals surface area (Å²) in [6.07, 6.45) is 7.57. The molecular formula is C30H36Ti. The van der Waals surface area contributed by atoms with E-state index >= 15 is 0 Å². The Hall–Kier alpha value is -2.15. The first-order valence-electron chi connectivity index (χ1n) is 11.1. The zero-order valence-electron chi connectivity index (χ0n) is 19.1. The van der Waals surface area contributed by atoms with Crippen molar-refractivity contribution in [2.24, 2.45) is 0 Å². The smallest absolute Gasteiger partial charge is 0.214 e. The normalized spacial score (nSPS) is 8.84. The van der Waals surface area contributed by atoms with Gasteiger partial charge in [-0.1, -0.05) is 52.4 Å². The van der Waals surface area contributed by atoms with E-state index in [9.17, 15) is 0 Å². The zero-order chi connectivity index (χ0) is 21.5. The van der Waals surface area contributed by atoms with E-state index in [2.05, 4.69) is 50.2 Å². The summed E-state index contributed by atoms with van der Waals surface area (Å²) in [5.41, 5.74) is 2.86. The van der Waals surface area contributed by atoms with Crippen LogP contribution < -0.4 is 0 Å². The molecule has 0 unspecified atom stereocenters. The van der Waals surface area contributed by atoms with Gasteiger partial charge in [-0.25, -0.2) is 24.3 Å². The number of hydrogen-bond acceptors (Lipinski definition) is 0. The van der Waals surface area contributed by atoms with Crippen LogP contribution in [0.15, 0.2) is 109 Å². The van der Waals surface area contributed by atoms with E-state index < -0.39 is 0 Å². The minimum atomic E-state index is 0. The van der Waals surface area contributed by atoms with Gasteiger partial charge in [-0.05, 0) is 0 Å². The number of unbranched alkanes of at least 4 members (excludes halogenated alkanes) is 2. The van der Waals surface area contributed by atoms with Crippen molar-refractivity contribution in [1.82, 2.24) is 0 Å². The van der Waals surface area contributed by atoms with E-state index in [1.165, 1.54) is 49.7 Å². The van der Waals surface area contributed by atoms with Gasteiger partial charge in [0.2, 0.25) is 0 Å². The quantitative estimate of drug-likeness (QED) is 0.207. The second-order valence-electron chi connectivity index (χ2n) is 6.95. The Labute approximate surface area is 206 Å². The summed E-state index contributed by atoms with van der Waals surface area (Å²) in [7, 11) is 0. The molecule has 0 bridgehead atoms. The monoisotopic (exact) mass is 444 g/mol. The molecule has 0 heterocycles. The van der Waals surface area contributed by atoms with Crippen LogP contribution in [0.2, 0.25) is 0 Å². The SMILES string of the molecule is CCCCc1cc[c-]cc1.CCCCc1cc[c-]cc1.[Ti+4].c1cc[cH-]c1.c1cc[cH-]c1. The first-order valence-corrected chi connectivity index (χ1v) is 11.1. The Morgan fingerprint density at radius 2 is 0.903 bits per heavy atom. The molecule has 1 heteroatoms. The van der Waals surface area contributed by atoms with Crippen molar-refractivity contribution >= 4 is 0 Å². The summed E-state index contributed by atoms with van der Waals surface area (Å²) >= 11 is 0. The summed E-state index contributed by atoms with van der Waals surface area (Å²) in [5.74, 6) is 0. The molecule has 0 fully saturated rings. The first-order chi connectivity index (χ1) is 14.9. The van der Waals surface area contributed by atoms with Gasteiger partial charge in [-0.2, -0.15) is 108 Å². The Bertz CT molecular complexity index is 652. The molecule has 4 aromatic rings. The van der Waals surface area contributed by atoms with E-state index in [1.54, 1.807) is 0 Å². The van der Waals surface area contributed by atoms with Gasteiger partial charge in [0, 0.05) is 0 Å². The molecule has 4 rings (SSSR count). The van der Waals surface area contributed by atoms with Crippen LogP contribution in [-0.2, 0) is 34.6 Å². The third-order valence-electron chi connectivity index (χ3n) is 4.32. The van der Waals surface area contributed by atoms with Crippen LogP contribution in [0.3, 0.4) is 0 Å². The predicted molar refractivity (Wildman–Crippen MR) is 132 cm³/mol. The third-order valence-corrected chi connectivity index (χ3v) is 4.32. The fraction of sp³-hybridized carbons (Fsp3) is 0.267. The van der Waals surface area contributed by atoms with E-state index in [-0.39, 0.29) is 21.7 Å². The molecule has 0 aliphatic rings. The number of rotatable bonds is 6. The van der Waals surface area contributed by atoms with E-state index in [1.807, 2.05) is 84.9 Å². The largest absolute Gasteiger partial charge is 4.00 e. The van der Waals surface area contributed by atoms with Crippen LogP contribution in [-0.4, -0.2) is 0 Å². The molecule has 0 amide bonds. The molecule has 0 saturated heterocycles. The topological polar surface area (TPSA) is 0 Å². The van der Waals surface area contributed by atoms with Gasteiger partial charge in [-0.3, -0.25) is 0 Å². The Balaban J connectivity index is 0.000000401. The second kappa shape index (κ2) is 22.5. The fourth-order valence-electron chi connectivity index (χ4n) is 2.58. The second-order valence-corrected chi connectivity index (χ2v) is 6.95. The van der Waals surface area contributed by atoms with Crippen LogP contribution in [0.1, 0.15) is 50.7 Å². The minimum absolute atomic E-state index is 0. The maximum Gasteiger partial charge on any atom is 4.00 e. The summed E-state index contributed by atoms with van der Waals surface area (Å²) < 4.78 is 0. The molecule has 0 atom stereocenters. The predicted octanol–water partition coefficient (Wildman–Crippen LogP) is 8.47. The molecule has 0 nitrogen and oxygen atoms in total. The van der Waals surface area contributed by atoms with Gasteiger partial charge < -0.3 is 0 Å². The molecule has 160 valence electrons. The number of aryl methyl sites for hydroxylation is 2. The van der Waals surface area contributed by atoms with E-state index in [0.717, 1.165) is 0 Å². The summed E-state index contributed by atoms with van der Waals surface area (Å²) in [6.45, 7) is 4.43. The van der Waals surface area contributed by atoms with Gasteiger partial charge in [0.05, 0.1) is 0 Å². The van der Waals surface area contributed by atoms with Crippen LogP contribution in [0.5, 0.6) is 0 Å². The number of benzene rings is 2. The fourth-order valence-corrected chi connectivity index (χ4v) is 2.58. The Morgan fingerprint density at radius 1 is 0.581 bits per heavy atom. The Morgan fingerprint density at radius 3 is 1.13 bits per heavy atom. The van der Waals surface area contributed by atoms with Gasteiger partial charge in [0.1, 0.15) is 0 Å².